The van der Waals surface area contributed by atoms with E-state index >= 15 is 0 Å². The second-order valence-electron chi connectivity index (χ2n) is 8.88. The lowest BCUT2D eigenvalue weighted by Gasteiger charge is -2.33. The van der Waals surface area contributed by atoms with Gasteiger partial charge in [-0.05, 0) is 58.5 Å². The Balaban J connectivity index is 1.65. The van der Waals surface area contributed by atoms with Gasteiger partial charge >= 0.3 is 0 Å². The van der Waals surface area contributed by atoms with Crippen molar-refractivity contribution in [3.8, 4) is 0 Å². The number of nitrogens with one attached hydrogen (secondary N) is 2. The van der Waals surface area contributed by atoms with Gasteiger partial charge in [0.15, 0.2) is 5.96 Å². The molecular weight excluding hydrogens is 350 g/mol. The highest BCUT2D eigenvalue weighted by atomic mass is 16.5. The van der Waals surface area contributed by atoms with Crippen molar-refractivity contribution in [2.75, 3.05) is 59.0 Å². The molecule has 2 N–H and O–H groups in total. The van der Waals surface area contributed by atoms with Gasteiger partial charge in [0.1, 0.15) is 0 Å². The first-order chi connectivity index (χ1) is 13.6. The first-order valence-electron chi connectivity index (χ1n) is 11.7. The van der Waals surface area contributed by atoms with Gasteiger partial charge in [-0.2, -0.15) is 0 Å². The van der Waals surface area contributed by atoms with Crippen LogP contribution >= 0.6 is 0 Å². The number of morpholine rings is 1. The zero-order valence-electron chi connectivity index (χ0n) is 18.9. The molecule has 0 radical (unpaired) electrons. The van der Waals surface area contributed by atoms with E-state index in [0.717, 1.165) is 57.9 Å². The van der Waals surface area contributed by atoms with E-state index < -0.39 is 0 Å². The molecule has 2 saturated heterocycles. The van der Waals surface area contributed by atoms with Crippen molar-refractivity contribution in [2.45, 2.75) is 71.9 Å². The van der Waals surface area contributed by atoms with Gasteiger partial charge in [0, 0.05) is 38.8 Å². The number of ether oxygens (including phenoxy) is 1. The molecule has 0 amide bonds. The summed E-state index contributed by atoms with van der Waals surface area (Å²) in [6.07, 6.45) is 6.80. The maximum atomic E-state index is 5.93. The van der Waals surface area contributed by atoms with Gasteiger partial charge in [-0.15, -0.1) is 0 Å². The lowest BCUT2D eigenvalue weighted by atomic mass is 10.0. The van der Waals surface area contributed by atoms with Crippen LogP contribution in [0.4, 0.5) is 0 Å². The third kappa shape index (κ3) is 9.10. The Kier molecular flexibility index (Phi) is 11.2. The number of hydrogen-bond donors (Lipinski definition) is 2. The highest BCUT2D eigenvalue weighted by Gasteiger charge is 2.21. The highest BCUT2D eigenvalue weighted by molar-refractivity contribution is 5.79. The number of guanidine groups is 1. The van der Waals surface area contributed by atoms with Gasteiger partial charge in [0.2, 0.25) is 0 Å². The van der Waals surface area contributed by atoms with E-state index in [0.29, 0.717) is 5.92 Å². The van der Waals surface area contributed by atoms with E-state index in [1.165, 1.54) is 45.2 Å². The van der Waals surface area contributed by atoms with Crippen molar-refractivity contribution in [3.05, 3.63) is 0 Å². The number of nitrogens with zero attached hydrogens (tertiary/aromatic N) is 3. The summed E-state index contributed by atoms with van der Waals surface area (Å²) in [5.74, 6) is 1.63. The van der Waals surface area contributed by atoms with E-state index in [2.05, 4.69) is 48.1 Å². The maximum absolute atomic E-state index is 5.93. The summed E-state index contributed by atoms with van der Waals surface area (Å²) in [6, 6.07) is 0.770. The molecule has 0 saturated carbocycles. The molecule has 0 spiro atoms. The first kappa shape index (κ1) is 23.4. The molecular formula is C22H45N5O. The van der Waals surface area contributed by atoms with Crippen LogP contribution in [0.1, 0.15) is 59.8 Å². The zero-order chi connectivity index (χ0) is 20.2. The number of likely N-dealkylation sites (tertiary alicyclic amines) is 1. The van der Waals surface area contributed by atoms with Gasteiger partial charge in [0.25, 0.3) is 0 Å². The van der Waals surface area contributed by atoms with Gasteiger partial charge in [-0.25, -0.2) is 0 Å². The van der Waals surface area contributed by atoms with Crippen molar-refractivity contribution in [3.63, 3.8) is 0 Å². The third-order valence-electron chi connectivity index (χ3n) is 5.75. The normalized spacial score (nSPS) is 25.2. The Morgan fingerprint density at radius 3 is 2.79 bits per heavy atom. The quantitative estimate of drug-likeness (QED) is 0.338. The Morgan fingerprint density at radius 2 is 2.04 bits per heavy atom. The molecule has 0 aromatic rings. The summed E-state index contributed by atoms with van der Waals surface area (Å²) in [7, 11) is 0. The maximum Gasteiger partial charge on any atom is 0.191 e. The minimum absolute atomic E-state index is 0.212. The molecule has 2 heterocycles. The molecule has 2 unspecified atom stereocenters. The van der Waals surface area contributed by atoms with Crippen LogP contribution in [0.5, 0.6) is 0 Å². The van der Waals surface area contributed by atoms with Crippen molar-refractivity contribution < 1.29 is 4.74 Å². The van der Waals surface area contributed by atoms with Crippen LogP contribution < -0.4 is 10.6 Å². The molecule has 28 heavy (non-hydrogen) atoms. The van der Waals surface area contributed by atoms with Crippen molar-refractivity contribution in [1.29, 1.82) is 0 Å². The lowest BCUT2D eigenvalue weighted by Crippen LogP contribution is -2.46. The van der Waals surface area contributed by atoms with Crippen LogP contribution in [0.15, 0.2) is 4.99 Å². The molecule has 2 atom stereocenters. The summed E-state index contributed by atoms with van der Waals surface area (Å²) in [4.78, 5) is 9.95. The number of unbranched alkanes of at least 4 members (excludes halogenated alkanes) is 1. The standard InChI is InChI=1S/C22H45N5O/c1-5-23-22(24-11-7-9-13-27-12-8-6-10-20(27)4)25-16-21-18-26(14-15-28-21)17-19(2)3/h19-21H,5-18H2,1-4H3,(H2,23,24,25). The van der Waals surface area contributed by atoms with Gasteiger partial charge in [0.05, 0.1) is 19.3 Å². The molecule has 6 heteroatoms. The smallest absolute Gasteiger partial charge is 0.191 e. The number of aliphatic imine (C=N–C) groups is 1. The van der Waals surface area contributed by atoms with Crippen LogP contribution in [-0.2, 0) is 4.74 Å². The van der Waals surface area contributed by atoms with Gasteiger partial charge < -0.3 is 20.3 Å². The number of hydrogen-bond acceptors (Lipinski definition) is 4. The molecule has 2 aliphatic rings. The fraction of sp³-hybridized carbons (Fsp3) is 0.955. The van der Waals surface area contributed by atoms with Crippen LogP contribution in [0.25, 0.3) is 0 Å². The van der Waals surface area contributed by atoms with Gasteiger partial charge in [-0.3, -0.25) is 9.89 Å². The summed E-state index contributed by atoms with van der Waals surface area (Å²) in [5, 5.41) is 6.88. The van der Waals surface area contributed by atoms with Gasteiger partial charge in [-0.1, -0.05) is 20.3 Å². The average molecular weight is 396 g/mol. The minimum atomic E-state index is 0.212. The topological polar surface area (TPSA) is 52.1 Å². The molecule has 0 aromatic heterocycles. The molecule has 164 valence electrons. The van der Waals surface area contributed by atoms with Crippen molar-refractivity contribution in [2.24, 2.45) is 10.9 Å². The van der Waals surface area contributed by atoms with Crippen molar-refractivity contribution in [1.82, 2.24) is 20.4 Å². The number of rotatable bonds is 10. The first-order valence-corrected chi connectivity index (χ1v) is 11.7. The van der Waals surface area contributed by atoms with Crippen LogP contribution in [-0.4, -0.2) is 86.9 Å². The second-order valence-corrected chi connectivity index (χ2v) is 8.88. The fourth-order valence-corrected chi connectivity index (χ4v) is 4.24. The van der Waals surface area contributed by atoms with E-state index in [-0.39, 0.29) is 6.10 Å². The Labute approximate surface area is 173 Å². The average Bonchev–Trinajstić information content (AvgIpc) is 2.67. The minimum Gasteiger partial charge on any atom is -0.374 e. The molecule has 0 aliphatic carbocycles. The predicted molar refractivity (Wildman–Crippen MR) is 119 cm³/mol. The van der Waals surface area contributed by atoms with E-state index in [9.17, 15) is 0 Å². The molecule has 6 nitrogen and oxygen atoms in total. The summed E-state index contributed by atoms with van der Waals surface area (Å²) >= 11 is 0. The fourth-order valence-electron chi connectivity index (χ4n) is 4.24. The SMILES string of the molecule is CCNC(=NCC1CN(CC(C)C)CCO1)NCCCCN1CCCCC1C. The van der Waals surface area contributed by atoms with E-state index in [4.69, 9.17) is 9.73 Å². The summed E-state index contributed by atoms with van der Waals surface area (Å²) in [5.41, 5.74) is 0. The van der Waals surface area contributed by atoms with Crippen molar-refractivity contribution >= 4 is 5.96 Å². The molecule has 2 fully saturated rings. The Bertz CT molecular complexity index is 443. The third-order valence-corrected chi connectivity index (χ3v) is 5.75. The second kappa shape index (κ2) is 13.4. The number of piperidine rings is 1. The van der Waals surface area contributed by atoms with E-state index in [1.807, 2.05) is 0 Å². The largest absolute Gasteiger partial charge is 0.374 e. The van der Waals surface area contributed by atoms with Crippen LogP contribution in [0, 0.1) is 5.92 Å². The highest BCUT2D eigenvalue weighted by Crippen LogP contribution is 2.16. The van der Waals surface area contributed by atoms with E-state index in [1.54, 1.807) is 0 Å². The van der Waals surface area contributed by atoms with Crippen LogP contribution in [0.2, 0.25) is 0 Å². The summed E-state index contributed by atoms with van der Waals surface area (Å²) < 4.78 is 5.93. The van der Waals surface area contributed by atoms with Crippen LogP contribution in [0.3, 0.4) is 0 Å². The zero-order valence-corrected chi connectivity index (χ0v) is 18.9. The molecule has 2 aliphatic heterocycles. The molecule has 0 bridgehead atoms. The Morgan fingerprint density at radius 1 is 1.18 bits per heavy atom. The Hall–Kier alpha value is -0.850. The molecule has 2 rings (SSSR count). The summed E-state index contributed by atoms with van der Waals surface area (Å²) in [6.45, 7) is 18.2. The lowest BCUT2D eigenvalue weighted by molar-refractivity contribution is -0.0261. The molecule has 0 aromatic carbocycles. The predicted octanol–water partition coefficient (Wildman–Crippen LogP) is 2.55. The monoisotopic (exact) mass is 395 g/mol.